The molecule has 0 aliphatic rings. The molecule has 6 nitrogen and oxygen atoms in total. The zero-order chi connectivity index (χ0) is 16.3. The molecule has 8 heteroatoms. The Morgan fingerprint density at radius 2 is 2.00 bits per heavy atom. The van der Waals surface area contributed by atoms with Gasteiger partial charge in [-0.15, -0.1) is 24.2 Å². The number of fused-ring (bicyclic) bond motifs is 1. The van der Waals surface area contributed by atoms with Crippen LogP contribution in [0.1, 0.15) is 12.1 Å². The number of aliphatic carboxylic acids is 2. The number of ether oxygens (including phenoxy) is 1. The van der Waals surface area contributed by atoms with Gasteiger partial charge in [-0.1, -0.05) is 0 Å². The average Bonchev–Trinajstić information content (AvgIpc) is 2.45. The summed E-state index contributed by atoms with van der Waals surface area (Å²) in [5.41, 5.74) is 1.45. The fraction of sp³-hybridized carbons (Fsp3) is 0.267. The van der Waals surface area contributed by atoms with E-state index in [0.717, 1.165) is 22.8 Å². The van der Waals surface area contributed by atoms with Gasteiger partial charge in [0.05, 0.1) is 19.0 Å². The Balaban J connectivity index is 0.00000264. The molecule has 2 N–H and O–H groups in total. The van der Waals surface area contributed by atoms with E-state index in [1.54, 1.807) is 38.3 Å². The molecule has 0 bridgehead atoms. The van der Waals surface area contributed by atoms with Gasteiger partial charge in [-0.05, 0) is 31.2 Å². The number of aromatic nitrogens is 1. The van der Waals surface area contributed by atoms with Crippen LogP contribution >= 0.6 is 24.2 Å². The number of carboxylic acids is 2. The molecule has 2 rings (SSSR count). The number of benzene rings is 1. The van der Waals surface area contributed by atoms with Crippen LogP contribution in [-0.4, -0.2) is 39.5 Å². The van der Waals surface area contributed by atoms with E-state index >= 15 is 0 Å². The zero-order valence-corrected chi connectivity index (χ0v) is 14.1. The van der Waals surface area contributed by atoms with Gasteiger partial charge in [0, 0.05) is 16.0 Å². The van der Waals surface area contributed by atoms with Gasteiger partial charge in [0.1, 0.15) is 11.0 Å². The number of aryl methyl sites for hydroxylation is 1. The molecule has 0 spiro atoms. The molecule has 1 atom stereocenters. The number of pyridine rings is 1. The van der Waals surface area contributed by atoms with Crippen molar-refractivity contribution in [3.8, 4) is 5.75 Å². The molecule has 124 valence electrons. The quantitative estimate of drug-likeness (QED) is 0.767. The summed E-state index contributed by atoms with van der Waals surface area (Å²) in [6.45, 7) is 1.81. The van der Waals surface area contributed by atoms with Crippen LogP contribution in [0.4, 0.5) is 0 Å². The molecule has 0 fully saturated rings. The van der Waals surface area contributed by atoms with Gasteiger partial charge in [-0.25, -0.2) is 0 Å². The minimum atomic E-state index is -1.15. The molecule has 1 unspecified atom stereocenters. The summed E-state index contributed by atoms with van der Waals surface area (Å²) in [7, 11) is 1.54. The Labute approximate surface area is 143 Å². The van der Waals surface area contributed by atoms with E-state index in [1.165, 1.54) is 0 Å². The molecule has 0 amide bonds. The maximum Gasteiger partial charge on any atom is 0.317 e. The summed E-state index contributed by atoms with van der Waals surface area (Å²) < 4.78 is 5.18. The van der Waals surface area contributed by atoms with E-state index in [0.29, 0.717) is 16.2 Å². The molecule has 0 saturated heterocycles. The minimum absolute atomic E-state index is 0. The van der Waals surface area contributed by atoms with E-state index in [9.17, 15) is 14.7 Å². The molecular weight excluding hydrogens is 342 g/mol. The van der Waals surface area contributed by atoms with Crippen LogP contribution in [0.15, 0.2) is 29.2 Å². The van der Waals surface area contributed by atoms with Crippen LogP contribution in [0.2, 0.25) is 0 Å². The molecule has 23 heavy (non-hydrogen) atoms. The second kappa shape index (κ2) is 8.03. The Morgan fingerprint density at radius 1 is 1.30 bits per heavy atom. The van der Waals surface area contributed by atoms with Crippen LogP contribution in [-0.2, 0) is 9.59 Å². The van der Waals surface area contributed by atoms with Gasteiger partial charge in [0.2, 0.25) is 0 Å². The summed E-state index contributed by atoms with van der Waals surface area (Å²) >= 11 is 1.01. The second-order valence-corrected chi connectivity index (χ2v) is 5.93. The van der Waals surface area contributed by atoms with E-state index < -0.39 is 23.6 Å². The summed E-state index contributed by atoms with van der Waals surface area (Å²) in [4.78, 5) is 27.2. The first-order valence-electron chi connectivity index (χ1n) is 6.47. The Hall–Kier alpha value is -1.99. The Bertz CT molecular complexity index is 737. The molecule has 2 aromatic rings. The molecular formula is C15H16ClNO5S. The highest BCUT2D eigenvalue weighted by atomic mass is 35.5. The smallest absolute Gasteiger partial charge is 0.317 e. The largest absolute Gasteiger partial charge is 0.497 e. The maximum atomic E-state index is 11.3. The molecule has 0 saturated carbocycles. The number of thioether (sulfide) groups is 1. The van der Waals surface area contributed by atoms with Gasteiger partial charge in [0.25, 0.3) is 0 Å². The zero-order valence-electron chi connectivity index (χ0n) is 12.5. The van der Waals surface area contributed by atoms with Crippen LogP contribution in [0.3, 0.4) is 0 Å². The van der Waals surface area contributed by atoms with E-state index in [1.807, 2.05) is 0 Å². The first kappa shape index (κ1) is 19.1. The fourth-order valence-corrected chi connectivity index (χ4v) is 3.18. The lowest BCUT2D eigenvalue weighted by molar-refractivity contribution is -0.142. The standard InChI is InChI=1S/C15H15NO5S.ClH/c1-8-5-12(22-13(15(19)20)7-14(17)18)10-6-9(21-2)3-4-11(10)16-8;/h3-6,13H,7H2,1-2H3,(H,17,18)(H,19,20);1H. The molecule has 0 radical (unpaired) electrons. The SMILES string of the molecule is COc1ccc2nc(C)cc(SC(CC(=O)O)C(=O)O)c2c1.Cl. The number of hydrogen-bond acceptors (Lipinski definition) is 5. The Morgan fingerprint density at radius 3 is 2.57 bits per heavy atom. The van der Waals surface area contributed by atoms with Crippen LogP contribution in [0.25, 0.3) is 10.9 Å². The van der Waals surface area contributed by atoms with E-state index in [-0.39, 0.29) is 12.4 Å². The van der Waals surface area contributed by atoms with Gasteiger partial charge in [-0.3, -0.25) is 14.6 Å². The molecule has 1 aromatic heterocycles. The number of halogens is 1. The topological polar surface area (TPSA) is 96.7 Å². The normalized spacial score (nSPS) is 11.6. The van der Waals surface area contributed by atoms with Gasteiger partial charge in [0.15, 0.2) is 0 Å². The van der Waals surface area contributed by atoms with Crippen molar-refractivity contribution < 1.29 is 24.5 Å². The van der Waals surface area contributed by atoms with Gasteiger partial charge < -0.3 is 14.9 Å². The number of nitrogens with zero attached hydrogens (tertiary/aromatic N) is 1. The van der Waals surface area contributed by atoms with Crippen molar-refractivity contribution in [2.45, 2.75) is 23.5 Å². The Kier molecular flexibility index (Phi) is 6.65. The maximum absolute atomic E-state index is 11.3. The average molecular weight is 358 g/mol. The number of methoxy groups -OCH3 is 1. The van der Waals surface area contributed by atoms with Crippen molar-refractivity contribution in [2.75, 3.05) is 7.11 Å². The number of carbonyl (C=O) groups is 2. The predicted octanol–water partition coefficient (Wildman–Crippen LogP) is 2.99. The number of rotatable bonds is 6. The predicted molar refractivity (Wildman–Crippen MR) is 89.8 cm³/mol. The molecule has 0 aliphatic carbocycles. The highest BCUT2D eigenvalue weighted by Gasteiger charge is 2.23. The number of carboxylic acid groups (broad SMARTS) is 2. The molecule has 0 aliphatic heterocycles. The summed E-state index contributed by atoms with van der Waals surface area (Å²) in [5.74, 6) is -1.67. The van der Waals surface area contributed by atoms with Gasteiger partial charge >= 0.3 is 11.9 Å². The lowest BCUT2D eigenvalue weighted by atomic mass is 10.2. The summed E-state index contributed by atoms with van der Waals surface area (Å²) in [6.07, 6.45) is -0.452. The first-order chi connectivity index (χ1) is 10.4. The first-order valence-corrected chi connectivity index (χ1v) is 7.35. The highest BCUT2D eigenvalue weighted by Crippen LogP contribution is 2.34. The minimum Gasteiger partial charge on any atom is -0.497 e. The second-order valence-electron chi connectivity index (χ2n) is 4.69. The van der Waals surface area contributed by atoms with E-state index in [2.05, 4.69) is 4.98 Å². The van der Waals surface area contributed by atoms with Crippen molar-refractivity contribution >= 4 is 47.0 Å². The van der Waals surface area contributed by atoms with Crippen molar-refractivity contribution in [3.05, 3.63) is 30.0 Å². The van der Waals surface area contributed by atoms with E-state index in [4.69, 9.17) is 9.84 Å². The van der Waals surface area contributed by atoms with Crippen molar-refractivity contribution in [1.29, 1.82) is 0 Å². The van der Waals surface area contributed by atoms with Gasteiger partial charge in [-0.2, -0.15) is 0 Å². The number of hydrogen-bond donors (Lipinski definition) is 2. The van der Waals surface area contributed by atoms with Crippen LogP contribution in [0.5, 0.6) is 5.75 Å². The fourth-order valence-electron chi connectivity index (χ4n) is 2.02. The van der Waals surface area contributed by atoms with Crippen molar-refractivity contribution in [2.24, 2.45) is 0 Å². The van der Waals surface area contributed by atoms with Crippen molar-refractivity contribution in [1.82, 2.24) is 4.98 Å². The highest BCUT2D eigenvalue weighted by molar-refractivity contribution is 8.00. The molecule has 1 aromatic carbocycles. The van der Waals surface area contributed by atoms with Crippen LogP contribution in [0, 0.1) is 6.92 Å². The third-order valence-corrected chi connectivity index (χ3v) is 4.26. The third-order valence-electron chi connectivity index (χ3n) is 3.01. The summed E-state index contributed by atoms with van der Waals surface area (Å²) in [6, 6.07) is 7.08. The monoisotopic (exact) mass is 357 g/mol. The summed E-state index contributed by atoms with van der Waals surface area (Å²) in [5, 5.41) is 17.7. The molecule has 1 heterocycles. The lowest BCUT2D eigenvalue weighted by Crippen LogP contribution is -2.20. The van der Waals surface area contributed by atoms with Crippen LogP contribution < -0.4 is 4.74 Å². The third kappa shape index (κ3) is 4.74. The van der Waals surface area contributed by atoms with Crippen molar-refractivity contribution in [3.63, 3.8) is 0 Å². The lowest BCUT2D eigenvalue weighted by Gasteiger charge is -2.13.